The monoisotopic (exact) mass is 483 g/mol. The maximum atomic E-state index is 12.8. The Balaban J connectivity index is 1.75. The van der Waals surface area contributed by atoms with Gasteiger partial charge in [-0.2, -0.15) is 13.2 Å². The van der Waals surface area contributed by atoms with Crippen molar-refractivity contribution in [2.75, 3.05) is 26.2 Å². The molecule has 0 saturated carbocycles. The summed E-state index contributed by atoms with van der Waals surface area (Å²) in [6.45, 7) is 3.21. The molecule has 3 rings (SSSR count). The number of aryl methyl sites for hydroxylation is 1. The molecule has 3 N–H and O–H groups in total. The summed E-state index contributed by atoms with van der Waals surface area (Å²) in [6, 6.07) is 1.90. The van der Waals surface area contributed by atoms with Crippen LogP contribution in [-0.4, -0.2) is 56.3 Å². The van der Waals surface area contributed by atoms with Gasteiger partial charge < -0.3 is 15.8 Å². The first-order valence-electron chi connectivity index (χ1n) is 9.95. The summed E-state index contributed by atoms with van der Waals surface area (Å²) < 4.78 is 69.6. The highest BCUT2D eigenvalue weighted by molar-refractivity contribution is 7.89. The number of rotatable bonds is 5. The molecule has 2 aliphatic rings. The van der Waals surface area contributed by atoms with Crippen molar-refractivity contribution in [1.82, 2.24) is 9.62 Å². The summed E-state index contributed by atoms with van der Waals surface area (Å²) in [6.07, 6.45) is -3.72. The van der Waals surface area contributed by atoms with Gasteiger partial charge in [-0.05, 0) is 56.3 Å². The van der Waals surface area contributed by atoms with Gasteiger partial charge in [0.25, 0.3) is 0 Å². The number of halogens is 4. The Morgan fingerprint density at radius 1 is 1.29 bits per heavy atom. The third-order valence-corrected chi connectivity index (χ3v) is 8.62. The van der Waals surface area contributed by atoms with E-state index < -0.39 is 33.5 Å². The van der Waals surface area contributed by atoms with Crippen molar-refractivity contribution in [3.8, 4) is 5.75 Å². The third kappa shape index (κ3) is 5.33. The van der Waals surface area contributed by atoms with Crippen LogP contribution in [0.4, 0.5) is 13.2 Å². The van der Waals surface area contributed by atoms with Crippen molar-refractivity contribution in [3.05, 3.63) is 28.3 Å². The first-order chi connectivity index (χ1) is 14.4. The topological polar surface area (TPSA) is 102 Å². The molecule has 1 aromatic rings. The number of carbonyl (C=O) groups is 1. The number of nitrogens with one attached hydrogen (secondary N) is 1. The SMILES string of the molecule is Cc1cc(OC(=O)C(F)(F)F)c([C@H](N)C2CCN(S(=O)(=O)[C@@H]3CCNC3)CC2)cc1Cl. The first-order valence-corrected chi connectivity index (χ1v) is 11.8. The molecule has 12 heteroatoms. The van der Waals surface area contributed by atoms with Gasteiger partial charge in [0.15, 0.2) is 0 Å². The Bertz CT molecular complexity index is 928. The fourth-order valence-electron chi connectivity index (χ4n) is 4.01. The van der Waals surface area contributed by atoms with E-state index in [1.54, 1.807) is 6.92 Å². The van der Waals surface area contributed by atoms with Crippen LogP contribution in [0.2, 0.25) is 5.02 Å². The number of nitrogens with zero attached hydrogens (tertiary/aromatic N) is 1. The van der Waals surface area contributed by atoms with Gasteiger partial charge in [0.2, 0.25) is 10.0 Å². The van der Waals surface area contributed by atoms with Crippen molar-refractivity contribution in [3.63, 3.8) is 0 Å². The van der Waals surface area contributed by atoms with E-state index in [4.69, 9.17) is 17.3 Å². The number of ether oxygens (including phenoxy) is 1. The van der Waals surface area contributed by atoms with E-state index in [2.05, 4.69) is 10.1 Å². The molecule has 174 valence electrons. The summed E-state index contributed by atoms with van der Waals surface area (Å²) in [5, 5.41) is 2.89. The van der Waals surface area contributed by atoms with Crippen LogP contribution in [0.25, 0.3) is 0 Å². The zero-order valence-corrected chi connectivity index (χ0v) is 18.5. The van der Waals surface area contributed by atoms with Crippen molar-refractivity contribution in [2.24, 2.45) is 11.7 Å². The average Bonchev–Trinajstić information content (AvgIpc) is 3.25. The van der Waals surface area contributed by atoms with E-state index >= 15 is 0 Å². The van der Waals surface area contributed by atoms with E-state index in [1.165, 1.54) is 16.4 Å². The molecule has 2 fully saturated rings. The summed E-state index contributed by atoms with van der Waals surface area (Å²) in [5.41, 5.74) is 6.97. The second kappa shape index (κ2) is 9.22. The number of hydrogen-bond acceptors (Lipinski definition) is 6. The predicted octanol–water partition coefficient (Wildman–Crippen LogP) is 2.52. The smallest absolute Gasteiger partial charge is 0.420 e. The number of carbonyl (C=O) groups excluding carboxylic acids is 1. The Labute approximate surface area is 184 Å². The summed E-state index contributed by atoms with van der Waals surface area (Å²) in [5.74, 6) is -2.84. The highest BCUT2D eigenvalue weighted by Gasteiger charge is 2.42. The van der Waals surface area contributed by atoms with Crippen LogP contribution in [0.15, 0.2) is 12.1 Å². The van der Waals surface area contributed by atoms with E-state index in [0.717, 1.165) is 0 Å². The van der Waals surface area contributed by atoms with E-state index in [1.807, 2.05) is 0 Å². The number of alkyl halides is 3. The second-order valence-electron chi connectivity index (χ2n) is 7.95. The second-order valence-corrected chi connectivity index (χ2v) is 10.6. The van der Waals surface area contributed by atoms with Crippen LogP contribution >= 0.6 is 11.6 Å². The molecule has 0 bridgehead atoms. The lowest BCUT2D eigenvalue weighted by molar-refractivity contribution is -0.189. The molecule has 2 heterocycles. The number of benzene rings is 1. The molecule has 0 aliphatic carbocycles. The molecule has 0 radical (unpaired) electrons. The number of hydrogen-bond donors (Lipinski definition) is 2. The molecule has 2 aliphatic heterocycles. The van der Waals surface area contributed by atoms with Crippen molar-refractivity contribution in [1.29, 1.82) is 0 Å². The van der Waals surface area contributed by atoms with Crippen LogP contribution in [0.5, 0.6) is 5.75 Å². The van der Waals surface area contributed by atoms with E-state index in [-0.39, 0.29) is 35.3 Å². The quantitative estimate of drug-likeness (QED) is 0.493. The van der Waals surface area contributed by atoms with Gasteiger partial charge in [-0.25, -0.2) is 17.5 Å². The normalized spacial score (nSPS) is 22.5. The highest BCUT2D eigenvalue weighted by Crippen LogP contribution is 2.38. The Morgan fingerprint density at radius 3 is 2.48 bits per heavy atom. The zero-order chi connectivity index (χ0) is 23.0. The lowest BCUT2D eigenvalue weighted by Crippen LogP contribution is -2.45. The summed E-state index contributed by atoms with van der Waals surface area (Å²) in [7, 11) is -3.41. The molecular formula is C19H25ClF3N3O4S. The van der Waals surface area contributed by atoms with Crippen molar-refractivity contribution in [2.45, 2.75) is 43.7 Å². The van der Waals surface area contributed by atoms with E-state index in [9.17, 15) is 26.4 Å². The molecule has 31 heavy (non-hydrogen) atoms. The van der Waals surface area contributed by atoms with Gasteiger partial charge in [0, 0.05) is 36.3 Å². The molecule has 0 spiro atoms. The maximum absolute atomic E-state index is 12.8. The van der Waals surface area contributed by atoms with Gasteiger partial charge in [0.1, 0.15) is 5.75 Å². The zero-order valence-electron chi connectivity index (χ0n) is 16.9. The summed E-state index contributed by atoms with van der Waals surface area (Å²) in [4.78, 5) is 11.4. The van der Waals surface area contributed by atoms with Crippen LogP contribution in [0, 0.1) is 12.8 Å². The van der Waals surface area contributed by atoms with Gasteiger partial charge in [-0.1, -0.05) is 11.6 Å². The molecule has 0 aromatic heterocycles. The lowest BCUT2D eigenvalue weighted by atomic mass is 9.86. The Kier molecular flexibility index (Phi) is 7.21. The average molecular weight is 484 g/mol. The van der Waals surface area contributed by atoms with Gasteiger partial charge in [-0.15, -0.1) is 0 Å². The Hall–Kier alpha value is -1.40. The third-order valence-electron chi connectivity index (χ3n) is 5.89. The van der Waals surface area contributed by atoms with Crippen LogP contribution in [0.3, 0.4) is 0 Å². The highest BCUT2D eigenvalue weighted by atomic mass is 35.5. The standard InChI is InChI=1S/C19H25ClF3N3O4S/c1-11-8-16(30-18(27)19(21,22)23)14(9-15(11)20)17(24)12-3-6-26(7-4-12)31(28,29)13-2-5-25-10-13/h8-9,12-13,17,25H,2-7,10,24H2,1H3/t13-,17-/m1/s1. The van der Waals surface area contributed by atoms with Gasteiger partial charge in [-0.3, -0.25) is 0 Å². The van der Waals surface area contributed by atoms with E-state index in [0.29, 0.717) is 37.9 Å². The first kappa shape index (κ1) is 24.2. The maximum Gasteiger partial charge on any atom is 0.491 e. The Morgan fingerprint density at radius 2 is 1.94 bits per heavy atom. The largest absolute Gasteiger partial charge is 0.491 e. The van der Waals surface area contributed by atoms with Crippen molar-refractivity contribution >= 4 is 27.6 Å². The number of sulfonamides is 1. The molecule has 2 saturated heterocycles. The van der Waals surface area contributed by atoms with Crippen LogP contribution in [-0.2, 0) is 14.8 Å². The number of esters is 1. The fourth-order valence-corrected chi connectivity index (χ4v) is 6.07. The minimum absolute atomic E-state index is 0.189. The molecule has 1 aromatic carbocycles. The predicted molar refractivity (Wildman–Crippen MR) is 109 cm³/mol. The molecule has 0 amide bonds. The van der Waals surface area contributed by atoms with Crippen molar-refractivity contribution < 1.29 is 31.1 Å². The van der Waals surface area contributed by atoms with Crippen LogP contribution < -0.4 is 15.8 Å². The summed E-state index contributed by atoms with van der Waals surface area (Å²) >= 11 is 6.14. The molecule has 0 unspecified atom stereocenters. The minimum Gasteiger partial charge on any atom is -0.420 e. The molecule has 2 atom stereocenters. The fraction of sp³-hybridized carbons (Fsp3) is 0.632. The van der Waals surface area contributed by atoms with Gasteiger partial charge >= 0.3 is 12.1 Å². The van der Waals surface area contributed by atoms with Gasteiger partial charge in [0.05, 0.1) is 5.25 Å². The van der Waals surface area contributed by atoms with Crippen LogP contribution in [0.1, 0.15) is 36.4 Å². The minimum atomic E-state index is -5.15. The molecular weight excluding hydrogens is 459 g/mol. The molecule has 7 nitrogen and oxygen atoms in total. The lowest BCUT2D eigenvalue weighted by Gasteiger charge is -2.35. The number of piperidine rings is 1. The number of nitrogens with two attached hydrogens (primary N) is 1.